The molecule has 3 amide bonds. The van der Waals surface area contributed by atoms with E-state index < -0.39 is 12.1 Å². The molecular formula is C8H17N3O3. The largest absolute Gasteiger partial charge is 0.395 e. The van der Waals surface area contributed by atoms with Crippen LogP contribution in [-0.2, 0) is 4.79 Å². The van der Waals surface area contributed by atoms with Crippen molar-refractivity contribution >= 4 is 11.9 Å². The minimum Gasteiger partial charge on any atom is -0.395 e. The number of hydrogen-bond donors (Lipinski definition) is 3. The Morgan fingerprint density at radius 2 is 2.14 bits per heavy atom. The summed E-state index contributed by atoms with van der Waals surface area (Å²) in [5.41, 5.74) is 4.88. The third-order valence-electron chi connectivity index (χ3n) is 1.79. The van der Waals surface area contributed by atoms with Crippen molar-refractivity contribution in [3.05, 3.63) is 0 Å². The molecule has 0 saturated heterocycles. The van der Waals surface area contributed by atoms with Crippen LogP contribution < -0.4 is 11.1 Å². The van der Waals surface area contributed by atoms with Crippen LogP contribution in [0.15, 0.2) is 0 Å². The summed E-state index contributed by atoms with van der Waals surface area (Å²) < 4.78 is 0. The Hall–Kier alpha value is -1.30. The average molecular weight is 203 g/mol. The number of carbonyl (C=O) groups excluding carboxylic acids is 2. The van der Waals surface area contributed by atoms with Crippen LogP contribution in [0.2, 0.25) is 0 Å². The van der Waals surface area contributed by atoms with Gasteiger partial charge in [-0.1, -0.05) is 0 Å². The number of urea groups is 1. The Morgan fingerprint density at radius 1 is 1.57 bits per heavy atom. The topological polar surface area (TPSA) is 95.7 Å². The first kappa shape index (κ1) is 12.7. The van der Waals surface area contributed by atoms with E-state index in [1.807, 2.05) is 0 Å². The number of amides is 3. The molecule has 0 saturated carbocycles. The first-order chi connectivity index (χ1) is 6.52. The molecule has 14 heavy (non-hydrogen) atoms. The summed E-state index contributed by atoms with van der Waals surface area (Å²) in [7, 11) is 0. The molecular weight excluding hydrogens is 186 g/mol. The number of aliphatic hydroxyl groups is 1. The summed E-state index contributed by atoms with van der Waals surface area (Å²) in [4.78, 5) is 23.5. The molecule has 0 aromatic rings. The number of likely N-dealkylation sites (N-methyl/N-ethyl adjacent to an activating group) is 1. The summed E-state index contributed by atoms with van der Waals surface area (Å²) >= 11 is 0. The van der Waals surface area contributed by atoms with Crippen molar-refractivity contribution in [2.75, 3.05) is 19.7 Å². The van der Waals surface area contributed by atoms with Crippen LogP contribution in [-0.4, -0.2) is 47.7 Å². The fraction of sp³-hybridized carbons (Fsp3) is 0.750. The fourth-order valence-corrected chi connectivity index (χ4v) is 1.09. The Morgan fingerprint density at radius 3 is 2.50 bits per heavy atom. The maximum Gasteiger partial charge on any atom is 0.312 e. The lowest BCUT2D eigenvalue weighted by Crippen LogP contribution is -2.49. The number of rotatable bonds is 5. The lowest BCUT2D eigenvalue weighted by molar-refractivity contribution is -0.133. The van der Waals surface area contributed by atoms with Gasteiger partial charge < -0.3 is 21.1 Å². The Balaban J connectivity index is 4.19. The highest BCUT2D eigenvalue weighted by Crippen LogP contribution is 1.94. The molecule has 0 aliphatic rings. The van der Waals surface area contributed by atoms with E-state index in [2.05, 4.69) is 5.32 Å². The first-order valence-electron chi connectivity index (χ1n) is 4.48. The van der Waals surface area contributed by atoms with E-state index in [1.54, 1.807) is 13.8 Å². The van der Waals surface area contributed by atoms with Crippen LogP contribution >= 0.6 is 0 Å². The van der Waals surface area contributed by atoms with Gasteiger partial charge in [0.2, 0.25) is 5.91 Å². The highest BCUT2D eigenvalue weighted by Gasteiger charge is 2.19. The minimum absolute atomic E-state index is 0.0944. The smallest absolute Gasteiger partial charge is 0.312 e. The van der Waals surface area contributed by atoms with Gasteiger partial charge in [-0.05, 0) is 13.8 Å². The molecule has 4 N–H and O–H groups in total. The molecule has 6 heteroatoms. The van der Waals surface area contributed by atoms with Crippen molar-refractivity contribution in [1.29, 1.82) is 0 Å². The second kappa shape index (κ2) is 6.20. The van der Waals surface area contributed by atoms with Gasteiger partial charge in [0, 0.05) is 13.1 Å². The predicted molar refractivity (Wildman–Crippen MR) is 51.5 cm³/mol. The molecule has 0 aliphatic carbocycles. The zero-order chi connectivity index (χ0) is 11.1. The molecule has 0 aliphatic heterocycles. The van der Waals surface area contributed by atoms with Gasteiger partial charge in [-0.15, -0.1) is 0 Å². The van der Waals surface area contributed by atoms with Crippen LogP contribution in [0, 0.1) is 0 Å². The number of nitrogens with zero attached hydrogens (tertiary/aromatic N) is 1. The quantitative estimate of drug-likeness (QED) is 0.528. The van der Waals surface area contributed by atoms with Crippen molar-refractivity contribution in [2.24, 2.45) is 5.73 Å². The second-order valence-corrected chi connectivity index (χ2v) is 2.87. The molecule has 0 heterocycles. The Bertz CT molecular complexity index is 208. The molecule has 0 fully saturated rings. The molecule has 0 rings (SSSR count). The molecule has 0 aromatic heterocycles. The number of aliphatic hydroxyl groups excluding tert-OH is 1. The number of primary amides is 1. The van der Waals surface area contributed by atoms with E-state index in [0.29, 0.717) is 6.54 Å². The molecule has 1 unspecified atom stereocenters. The zero-order valence-corrected chi connectivity index (χ0v) is 8.49. The number of nitrogens with two attached hydrogens (primary N) is 1. The van der Waals surface area contributed by atoms with E-state index >= 15 is 0 Å². The van der Waals surface area contributed by atoms with E-state index in [4.69, 9.17) is 10.8 Å². The first-order valence-corrected chi connectivity index (χ1v) is 4.48. The normalized spacial score (nSPS) is 11.9. The van der Waals surface area contributed by atoms with Crippen molar-refractivity contribution < 1.29 is 14.7 Å². The second-order valence-electron chi connectivity index (χ2n) is 2.87. The van der Waals surface area contributed by atoms with Crippen molar-refractivity contribution in [3.63, 3.8) is 0 Å². The van der Waals surface area contributed by atoms with Crippen molar-refractivity contribution in [3.8, 4) is 0 Å². The molecule has 0 spiro atoms. The number of nitrogens with one attached hydrogen (secondary N) is 1. The van der Waals surface area contributed by atoms with Gasteiger partial charge in [0.1, 0.15) is 6.04 Å². The Kier molecular flexibility index (Phi) is 5.62. The third kappa shape index (κ3) is 4.08. The van der Waals surface area contributed by atoms with Gasteiger partial charge in [0.05, 0.1) is 6.61 Å². The predicted octanol–water partition coefficient (Wildman–Crippen LogP) is -1.12. The summed E-state index contributed by atoms with van der Waals surface area (Å²) in [6.07, 6.45) is 0. The van der Waals surface area contributed by atoms with Crippen LogP contribution in [0.5, 0.6) is 0 Å². The third-order valence-corrected chi connectivity index (χ3v) is 1.79. The van der Waals surface area contributed by atoms with E-state index in [-0.39, 0.29) is 19.1 Å². The zero-order valence-electron chi connectivity index (χ0n) is 8.49. The summed E-state index contributed by atoms with van der Waals surface area (Å²) in [6, 6.07) is -1.38. The lowest BCUT2D eigenvalue weighted by atomic mass is 10.3. The maximum absolute atomic E-state index is 11.5. The van der Waals surface area contributed by atoms with E-state index in [0.717, 1.165) is 0 Å². The van der Waals surface area contributed by atoms with Crippen molar-refractivity contribution in [1.82, 2.24) is 10.2 Å². The number of carbonyl (C=O) groups is 2. The van der Waals surface area contributed by atoms with E-state index in [9.17, 15) is 9.59 Å². The molecule has 1 atom stereocenters. The standard InChI is InChI=1S/C8H17N3O3/c1-3-11(4-5-12)7(13)6(2)10-8(9)14/h6,12H,3-5H2,1-2H3,(H3,9,10,14). The number of hydrogen-bond acceptors (Lipinski definition) is 3. The fourth-order valence-electron chi connectivity index (χ4n) is 1.09. The van der Waals surface area contributed by atoms with Crippen LogP contribution in [0.4, 0.5) is 4.79 Å². The van der Waals surface area contributed by atoms with Gasteiger partial charge in [-0.3, -0.25) is 4.79 Å². The van der Waals surface area contributed by atoms with Crippen LogP contribution in [0.1, 0.15) is 13.8 Å². The lowest BCUT2D eigenvalue weighted by Gasteiger charge is -2.23. The molecule has 0 radical (unpaired) electrons. The van der Waals surface area contributed by atoms with Crippen LogP contribution in [0.3, 0.4) is 0 Å². The molecule has 6 nitrogen and oxygen atoms in total. The minimum atomic E-state index is -0.731. The Labute approximate surface area is 83.1 Å². The molecule has 0 bridgehead atoms. The van der Waals surface area contributed by atoms with Crippen molar-refractivity contribution in [2.45, 2.75) is 19.9 Å². The summed E-state index contributed by atoms with van der Waals surface area (Å²) in [5, 5.41) is 11.0. The highest BCUT2D eigenvalue weighted by molar-refractivity contribution is 5.86. The van der Waals surface area contributed by atoms with Gasteiger partial charge in [0.25, 0.3) is 0 Å². The molecule has 0 aromatic carbocycles. The SMILES string of the molecule is CCN(CCO)C(=O)C(C)NC(N)=O. The van der Waals surface area contributed by atoms with Gasteiger partial charge in [0.15, 0.2) is 0 Å². The molecule has 82 valence electrons. The summed E-state index contributed by atoms with van der Waals surface area (Å²) in [6.45, 7) is 4.00. The van der Waals surface area contributed by atoms with Gasteiger partial charge >= 0.3 is 6.03 Å². The average Bonchev–Trinajstić information content (AvgIpc) is 2.12. The highest BCUT2D eigenvalue weighted by atomic mass is 16.3. The maximum atomic E-state index is 11.5. The monoisotopic (exact) mass is 203 g/mol. The van der Waals surface area contributed by atoms with Gasteiger partial charge in [-0.2, -0.15) is 0 Å². The van der Waals surface area contributed by atoms with E-state index in [1.165, 1.54) is 4.90 Å². The summed E-state index contributed by atoms with van der Waals surface area (Å²) in [5.74, 6) is -0.250. The van der Waals surface area contributed by atoms with Gasteiger partial charge in [-0.25, -0.2) is 4.79 Å². The van der Waals surface area contributed by atoms with Crippen LogP contribution in [0.25, 0.3) is 0 Å².